The Kier molecular flexibility index (Phi) is 4.32. The lowest BCUT2D eigenvalue weighted by molar-refractivity contribution is -0.385. The lowest BCUT2D eigenvalue weighted by Crippen LogP contribution is -2.15. The molecule has 0 saturated carbocycles. The molecule has 5 nitrogen and oxygen atoms in total. The molecule has 0 spiro atoms. The van der Waals surface area contributed by atoms with E-state index in [-0.39, 0.29) is 23.6 Å². The molecule has 20 heavy (non-hydrogen) atoms. The average molecular weight is 291 g/mol. The van der Waals surface area contributed by atoms with Crippen molar-refractivity contribution in [1.29, 1.82) is 0 Å². The van der Waals surface area contributed by atoms with Gasteiger partial charge in [-0.1, -0.05) is 29.8 Å². The topological polar surface area (TPSA) is 72.2 Å². The zero-order valence-electron chi connectivity index (χ0n) is 10.4. The van der Waals surface area contributed by atoms with E-state index >= 15 is 0 Å². The Morgan fingerprint density at radius 2 is 1.90 bits per heavy atom. The minimum absolute atomic E-state index is 0.105. The van der Waals surface area contributed by atoms with Crippen LogP contribution in [0.1, 0.15) is 5.56 Å². The molecule has 2 rings (SSSR count). The number of nitrogens with one attached hydrogen (secondary N) is 1. The van der Waals surface area contributed by atoms with Crippen molar-refractivity contribution in [1.82, 2.24) is 0 Å². The van der Waals surface area contributed by atoms with E-state index in [1.165, 1.54) is 18.2 Å². The Morgan fingerprint density at radius 3 is 2.55 bits per heavy atom. The molecule has 0 radical (unpaired) electrons. The molecule has 0 bridgehead atoms. The summed E-state index contributed by atoms with van der Waals surface area (Å²) < 4.78 is 0. The first-order chi connectivity index (χ1) is 9.56. The van der Waals surface area contributed by atoms with Gasteiger partial charge in [-0.05, 0) is 24.3 Å². The lowest BCUT2D eigenvalue weighted by Gasteiger charge is -2.06. The van der Waals surface area contributed by atoms with Crippen LogP contribution in [0.2, 0.25) is 5.02 Å². The van der Waals surface area contributed by atoms with Crippen LogP contribution in [0, 0.1) is 10.1 Å². The minimum atomic E-state index is -0.526. The van der Waals surface area contributed by atoms with Crippen LogP contribution < -0.4 is 5.32 Å². The first-order valence-electron chi connectivity index (χ1n) is 5.84. The third-order valence-corrected chi connectivity index (χ3v) is 2.88. The van der Waals surface area contributed by atoms with Gasteiger partial charge >= 0.3 is 0 Å². The van der Waals surface area contributed by atoms with Crippen LogP contribution in [0.4, 0.5) is 11.4 Å². The van der Waals surface area contributed by atoms with Crippen molar-refractivity contribution < 1.29 is 9.72 Å². The molecular weight excluding hydrogens is 280 g/mol. The largest absolute Gasteiger partial charge is 0.326 e. The van der Waals surface area contributed by atoms with Crippen LogP contribution in [0.5, 0.6) is 0 Å². The Labute approximate surface area is 120 Å². The number of hydrogen-bond acceptors (Lipinski definition) is 3. The fourth-order valence-corrected chi connectivity index (χ4v) is 1.97. The van der Waals surface area contributed by atoms with Gasteiger partial charge in [-0.25, -0.2) is 0 Å². The van der Waals surface area contributed by atoms with Gasteiger partial charge in [0.1, 0.15) is 0 Å². The molecule has 1 N–H and O–H groups in total. The SMILES string of the molecule is O=C(Cc1cc(Cl)ccc1[N+](=O)[O-])Nc1ccccc1. The van der Waals surface area contributed by atoms with Gasteiger partial charge in [0.05, 0.1) is 11.3 Å². The van der Waals surface area contributed by atoms with Gasteiger partial charge in [-0.3, -0.25) is 14.9 Å². The number of hydrogen-bond donors (Lipinski definition) is 1. The summed E-state index contributed by atoms with van der Waals surface area (Å²) in [6.45, 7) is 0. The predicted molar refractivity (Wildman–Crippen MR) is 76.9 cm³/mol. The van der Waals surface area contributed by atoms with E-state index in [1.54, 1.807) is 24.3 Å². The molecule has 6 heteroatoms. The van der Waals surface area contributed by atoms with Gasteiger partial charge in [0.2, 0.25) is 5.91 Å². The summed E-state index contributed by atoms with van der Waals surface area (Å²) in [4.78, 5) is 22.3. The Balaban J connectivity index is 2.15. The second-order valence-corrected chi connectivity index (χ2v) is 4.56. The normalized spacial score (nSPS) is 10.1. The van der Waals surface area contributed by atoms with Gasteiger partial charge in [-0.15, -0.1) is 0 Å². The maximum absolute atomic E-state index is 11.9. The summed E-state index contributed by atoms with van der Waals surface area (Å²) in [5.41, 5.74) is 0.815. The molecule has 0 saturated heterocycles. The molecule has 0 aliphatic heterocycles. The van der Waals surface area contributed by atoms with E-state index in [9.17, 15) is 14.9 Å². The van der Waals surface area contributed by atoms with E-state index in [0.717, 1.165) is 0 Å². The van der Waals surface area contributed by atoms with E-state index < -0.39 is 4.92 Å². The summed E-state index contributed by atoms with van der Waals surface area (Å²) in [5, 5.41) is 13.9. The predicted octanol–water partition coefficient (Wildman–Crippen LogP) is 3.43. The first-order valence-corrected chi connectivity index (χ1v) is 6.22. The number of carbonyl (C=O) groups excluding carboxylic acids is 1. The minimum Gasteiger partial charge on any atom is -0.326 e. The summed E-state index contributed by atoms with van der Waals surface area (Å²) >= 11 is 5.81. The highest BCUT2D eigenvalue weighted by atomic mass is 35.5. The van der Waals surface area contributed by atoms with Crippen molar-refractivity contribution >= 4 is 28.9 Å². The van der Waals surface area contributed by atoms with Gasteiger partial charge in [-0.2, -0.15) is 0 Å². The number of amides is 1. The number of anilines is 1. The van der Waals surface area contributed by atoms with Crippen molar-refractivity contribution in [2.24, 2.45) is 0 Å². The number of rotatable bonds is 4. The quantitative estimate of drug-likeness (QED) is 0.692. The second kappa shape index (κ2) is 6.16. The van der Waals surface area contributed by atoms with Crippen molar-refractivity contribution in [2.45, 2.75) is 6.42 Å². The van der Waals surface area contributed by atoms with E-state index in [4.69, 9.17) is 11.6 Å². The molecule has 0 fully saturated rings. The third kappa shape index (κ3) is 3.55. The van der Waals surface area contributed by atoms with Gasteiger partial charge < -0.3 is 5.32 Å². The lowest BCUT2D eigenvalue weighted by atomic mass is 10.1. The standard InChI is InChI=1S/C14H11ClN2O3/c15-11-6-7-13(17(19)20)10(8-11)9-14(18)16-12-4-2-1-3-5-12/h1-8H,9H2,(H,16,18). The number of nitro benzene ring substituents is 1. The Morgan fingerprint density at radius 1 is 1.20 bits per heavy atom. The van der Waals surface area contributed by atoms with E-state index in [0.29, 0.717) is 10.7 Å². The maximum atomic E-state index is 11.9. The van der Waals surface area contributed by atoms with Crippen LogP contribution >= 0.6 is 11.6 Å². The molecule has 1 amide bonds. The van der Waals surface area contributed by atoms with Gasteiger partial charge in [0.25, 0.3) is 5.69 Å². The first kappa shape index (κ1) is 14.0. The molecule has 102 valence electrons. The summed E-state index contributed by atoms with van der Waals surface area (Å²) in [5.74, 6) is -0.332. The molecule has 0 atom stereocenters. The van der Waals surface area contributed by atoms with E-state index in [1.807, 2.05) is 6.07 Å². The number of benzene rings is 2. The fourth-order valence-electron chi connectivity index (χ4n) is 1.77. The molecule has 0 unspecified atom stereocenters. The number of nitro groups is 1. The highest BCUT2D eigenvalue weighted by Gasteiger charge is 2.16. The van der Waals surface area contributed by atoms with Crippen LogP contribution in [0.3, 0.4) is 0 Å². The number of nitrogens with zero attached hydrogens (tertiary/aromatic N) is 1. The second-order valence-electron chi connectivity index (χ2n) is 4.12. The Hall–Kier alpha value is -2.40. The zero-order chi connectivity index (χ0) is 14.5. The molecule has 0 aromatic heterocycles. The molecule has 0 aliphatic rings. The van der Waals surface area contributed by atoms with Gasteiger partial charge in [0.15, 0.2) is 0 Å². The highest BCUT2D eigenvalue weighted by molar-refractivity contribution is 6.30. The average Bonchev–Trinajstić information content (AvgIpc) is 2.39. The van der Waals surface area contributed by atoms with Crippen molar-refractivity contribution in [3.8, 4) is 0 Å². The molecule has 0 heterocycles. The molecule has 2 aromatic rings. The van der Waals surface area contributed by atoms with E-state index in [2.05, 4.69) is 5.32 Å². The smallest absolute Gasteiger partial charge is 0.273 e. The van der Waals surface area contributed by atoms with Crippen LogP contribution in [-0.2, 0) is 11.2 Å². The number of carbonyl (C=O) groups is 1. The fraction of sp³-hybridized carbons (Fsp3) is 0.0714. The van der Waals surface area contributed by atoms with Crippen LogP contribution in [0.25, 0.3) is 0 Å². The maximum Gasteiger partial charge on any atom is 0.273 e. The van der Waals surface area contributed by atoms with Crippen molar-refractivity contribution in [3.63, 3.8) is 0 Å². The molecule has 2 aromatic carbocycles. The molecular formula is C14H11ClN2O3. The zero-order valence-corrected chi connectivity index (χ0v) is 11.1. The summed E-state index contributed by atoms with van der Waals surface area (Å²) in [6, 6.07) is 13.1. The molecule has 0 aliphatic carbocycles. The third-order valence-electron chi connectivity index (χ3n) is 2.65. The number of halogens is 1. The summed E-state index contributed by atoms with van der Waals surface area (Å²) in [6.07, 6.45) is -0.105. The summed E-state index contributed by atoms with van der Waals surface area (Å²) in [7, 11) is 0. The van der Waals surface area contributed by atoms with Crippen molar-refractivity contribution in [2.75, 3.05) is 5.32 Å². The number of para-hydroxylation sites is 1. The van der Waals surface area contributed by atoms with Crippen LogP contribution in [-0.4, -0.2) is 10.8 Å². The van der Waals surface area contributed by atoms with Gasteiger partial charge in [0, 0.05) is 22.3 Å². The highest BCUT2D eigenvalue weighted by Crippen LogP contribution is 2.23. The van der Waals surface area contributed by atoms with Crippen LogP contribution in [0.15, 0.2) is 48.5 Å². The van der Waals surface area contributed by atoms with Crippen molar-refractivity contribution in [3.05, 3.63) is 69.2 Å². The monoisotopic (exact) mass is 290 g/mol. The Bertz CT molecular complexity index is 644.